The number of nitrogens with zero attached hydrogens (tertiary/aromatic N) is 1. The molecule has 2 aliphatic rings. The quantitative estimate of drug-likeness (QED) is 0.150. The standard InChI is InChI=1S/C41H39N5O7S/c47-37-25-53-31-14-10-28(11-15-31)23-36(41(51)52)46-39(49)33(21-26-5-2-1-3-6-26)44-38(48)34(45-40(50)35(43-37)24-32-7-4-20-54-32)22-27-8-12-29(13-9-27)30-16-18-42-19-17-30/h1-20,33-36H,21-25H2,(H,43,47)(H,44,48)(H,45,50)(H,46,49)(H,51,52)/t33-,34-,35-,36-/m0/s1. The van der Waals surface area contributed by atoms with Crippen molar-refractivity contribution in [1.29, 1.82) is 0 Å². The summed E-state index contributed by atoms with van der Waals surface area (Å²) >= 11 is 1.43. The summed E-state index contributed by atoms with van der Waals surface area (Å²) in [6.45, 7) is -0.393. The molecule has 4 atom stereocenters. The van der Waals surface area contributed by atoms with Crippen LogP contribution in [0, 0.1) is 0 Å². The van der Waals surface area contributed by atoms with Gasteiger partial charge in [0.15, 0.2) is 6.61 Å². The number of aromatic nitrogens is 1. The van der Waals surface area contributed by atoms with Crippen LogP contribution in [0.2, 0.25) is 0 Å². The molecule has 0 spiro atoms. The van der Waals surface area contributed by atoms with E-state index in [4.69, 9.17) is 4.74 Å². The maximum atomic E-state index is 14.3. The molecule has 2 aliphatic heterocycles. The van der Waals surface area contributed by atoms with E-state index in [1.165, 1.54) is 11.3 Å². The Morgan fingerprint density at radius 2 is 1.26 bits per heavy atom. The molecule has 13 heteroatoms. The van der Waals surface area contributed by atoms with E-state index in [0.717, 1.165) is 27.1 Å². The fraction of sp³-hybridized carbons (Fsp3) is 0.220. The summed E-state index contributed by atoms with van der Waals surface area (Å²) in [6.07, 6.45) is 3.60. The molecular formula is C41H39N5O7S. The van der Waals surface area contributed by atoms with E-state index in [1.54, 1.807) is 60.9 Å². The van der Waals surface area contributed by atoms with Crippen LogP contribution in [0.25, 0.3) is 11.1 Å². The van der Waals surface area contributed by atoms with Gasteiger partial charge >= 0.3 is 5.97 Å². The number of thiophene rings is 1. The molecule has 0 saturated carbocycles. The summed E-state index contributed by atoms with van der Waals surface area (Å²) < 4.78 is 5.68. The number of benzene rings is 3. The number of fused-ring (bicyclic) bond motifs is 16. The van der Waals surface area contributed by atoms with E-state index in [1.807, 2.05) is 60.0 Å². The van der Waals surface area contributed by atoms with Crippen molar-refractivity contribution >= 4 is 40.9 Å². The molecule has 0 saturated heterocycles. The van der Waals surface area contributed by atoms with Gasteiger partial charge in [0.2, 0.25) is 17.7 Å². The van der Waals surface area contributed by atoms with Gasteiger partial charge in [0, 0.05) is 43.0 Å². The van der Waals surface area contributed by atoms with Crippen molar-refractivity contribution in [3.63, 3.8) is 0 Å². The highest BCUT2D eigenvalue weighted by atomic mass is 32.1. The molecule has 276 valence electrons. The minimum atomic E-state index is -1.32. The second-order valence-corrected chi connectivity index (χ2v) is 13.9. The molecule has 2 aromatic heterocycles. The summed E-state index contributed by atoms with van der Waals surface area (Å²) in [5, 5.41) is 23.0. The Labute approximate surface area is 316 Å². The van der Waals surface area contributed by atoms with Crippen molar-refractivity contribution < 1.29 is 33.8 Å². The first-order valence-electron chi connectivity index (χ1n) is 17.4. The van der Waals surface area contributed by atoms with Crippen molar-refractivity contribution in [3.8, 4) is 16.9 Å². The Morgan fingerprint density at radius 3 is 1.87 bits per heavy atom. The second-order valence-electron chi connectivity index (χ2n) is 12.9. The molecule has 3 aromatic carbocycles. The third-order valence-corrected chi connectivity index (χ3v) is 9.84. The van der Waals surface area contributed by atoms with Gasteiger partial charge in [-0.3, -0.25) is 24.2 Å². The molecule has 5 N–H and O–H groups in total. The Balaban J connectivity index is 1.34. The van der Waals surface area contributed by atoms with Crippen LogP contribution in [0.1, 0.15) is 21.6 Å². The van der Waals surface area contributed by atoms with Crippen LogP contribution in [0.5, 0.6) is 5.75 Å². The Morgan fingerprint density at radius 1 is 0.667 bits per heavy atom. The van der Waals surface area contributed by atoms with Crippen LogP contribution < -0.4 is 26.0 Å². The van der Waals surface area contributed by atoms with Gasteiger partial charge in [0.05, 0.1) is 0 Å². The number of pyridine rings is 1. The smallest absolute Gasteiger partial charge is 0.326 e. The summed E-state index contributed by atoms with van der Waals surface area (Å²) in [5.74, 6) is -3.43. The first-order chi connectivity index (χ1) is 26.2. The van der Waals surface area contributed by atoms with Crippen LogP contribution in [0.3, 0.4) is 0 Å². The largest absolute Gasteiger partial charge is 0.484 e. The maximum Gasteiger partial charge on any atom is 0.326 e. The van der Waals surface area contributed by atoms with E-state index in [0.29, 0.717) is 11.3 Å². The number of ether oxygens (including phenoxy) is 1. The van der Waals surface area contributed by atoms with E-state index in [-0.39, 0.29) is 25.7 Å². The zero-order valence-electron chi connectivity index (χ0n) is 29.1. The Bertz CT molecular complexity index is 2040. The number of amides is 4. The number of carbonyl (C=O) groups is 5. The van der Waals surface area contributed by atoms with Crippen molar-refractivity contribution in [1.82, 2.24) is 26.3 Å². The maximum absolute atomic E-state index is 14.3. The third-order valence-electron chi connectivity index (χ3n) is 8.94. The molecule has 0 fully saturated rings. The van der Waals surface area contributed by atoms with Gasteiger partial charge in [-0.05, 0) is 63.5 Å². The van der Waals surface area contributed by atoms with Crippen LogP contribution >= 0.6 is 11.3 Å². The fourth-order valence-electron chi connectivity index (χ4n) is 6.08. The minimum Gasteiger partial charge on any atom is -0.484 e. The molecule has 4 heterocycles. The zero-order chi connectivity index (χ0) is 37.9. The van der Waals surface area contributed by atoms with Crippen LogP contribution in [0.4, 0.5) is 0 Å². The molecular weight excluding hydrogens is 707 g/mol. The molecule has 0 unspecified atom stereocenters. The Kier molecular flexibility index (Phi) is 12.4. The SMILES string of the molecule is O=C1COc2ccc(cc2)C[C@@H](C(=O)O)NC(=O)[C@H](Cc2ccccc2)NC(=O)[C@H](Cc2ccc(-c3ccncc3)cc2)NC(=O)[C@H](Cc2cccs2)N1. The lowest BCUT2D eigenvalue weighted by Crippen LogP contribution is -2.59. The van der Waals surface area contributed by atoms with E-state index in [2.05, 4.69) is 26.3 Å². The van der Waals surface area contributed by atoms with E-state index in [9.17, 15) is 29.1 Å². The fourth-order valence-corrected chi connectivity index (χ4v) is 6.83. The monoisotopic (exact) mass is 745 g/mol. The molecule has 5 aromatic rings. The summed E-state index contributed by atoms with van der Waals surface area (Å²) in [5.41, 5.74) is 3.93. The average Bonchev–Trinajstić information content (AvgIpc) is 3.70. The Hall–Kier alpha value is -6.34. The van der Waals surface area contributed by atoms with Gasteiger partial charge in [0.1, 0.15) is 29.9 Å². The predicted molar refractivity (Wildman–Crippen MR) is 203 cm³/mol. The minimum absolute atomic E-state index is 0.0440. The number of carbonyl (C=O) groups excluding carboxylic acids is 4. The van der Waals surface area contributed by atoms with Gasteiger partial charge in [-0.1, -0.05) is 72.8 Å². The van der Waals surface area contributed by atoms with E-state index >= 15 is 0 Å². The topological polar surface area (TPSA) is 176 Å². The molecule has 4 amide bonds. The number of aliphatic carboxylic acids is 1. The summed E-state index contributed by atoms with van der Waals surface area (Å²) in [7, 11) is 0. The van der Waals surface area contributed by atoms with Crippen molar-refractivity contribution in [2.75, 3.05) is 6.61 Å². The van der Waals surface area contributed by atoms with Crippen molar-refractivity contribution in [2.45, 2.75) is 49.9 Å². The lowest BCUT2D eigenvalue weighted by Gasteiger charge is -2.26. The van der Waals surface area contributed by atoms with Crippen LogP contribution in [0.15, 0.2) is 121 Å². The van der Waals surface area contributed by atoms with Crippen molar-refractivity contribution in [3.05, 3.63) is 142 Å². The number of carboxylic acids is 1. The summed E-state index contributed by atoms with van der Waals surface area (Å²) in [6, 6.07) is 25.7. The molecule has 12 nitrogen and oxygen atoms in total. The van der Waals surface area contributed by atoms with Gasteiger partial charge in [0.25, 0.3) is 5.91 Å². The summed E-state index contributed by atoms with van der Waals surface area (Å²) in [4.78, 5) is 72.7. The number of hydrogen-bond donors (Lipinski definition) is 5. The molecule has 2 bridgehead atoms. The second kappa shape index (κ2) is 17.9. The normalized spacial score (nSPS) is 19.9. The van der Waals surface area contributed by atoms with Gasteiger partial charge < -0.3 is 31.1 Å². The number of nitrogens with one attached hydrogen (secondary N) is 4. The van der Waals surface area contributed by atoms with E-state index < -0.39 is 60.4 Å². The predicted octanol–water partition coefficient (Wildman–Crippen LogP) is 3.50. The number of carboxylic acid groups (broad SMARTS) is 1. The lowest BCUT2D eigenvalue weighted by atomic mass is 9.99. The highest BCUT2D eigenvalue weighted by Crippen LogP contribution is 2.20. The van der Waals surface area contributed by atoms with Crippen LogP contribution in [-0.4, -0.2) is 70.5 Å². The average molecular weight is 746 g/mol. The number of hydrogen-bond acceptors (Lipinski definition) is 8. The molecule has 54 heavy (non-hydrogen) atoms. The highest BCUT2D eigenvalue weighted by Gasteiger charge is 2.32. The van der Waals surface area contributed by atoms with Gasteiger partial charge in [-0.15, -0.1) is 11.3 Å². The molecule has 7 rings (SSSR count). The highest BCUT2D eigenvalue weighted by molar-refractivity contribution is 7.09. The first-order valence-corrected chi connectivity index (χ1v) is 18.3. The van der Waals surface area contributed by atoms with Crippen LogP contribution in [-0.2, 0) is 49.7 Å². The molecule has 0 aliphatic carbocycles. The van der Waals surface area contributed by atoms with Gasteiger partial charge in [-0.25, -0.2) is 4.79 Å². The first kappa shape index (κ1) is 37.4. The molecule has 0 radical (unpaired) electrons. The lowest BCUT2D eigenvalue weighted by molar-refractivity contribution is -0.142. The van der Waals surface area contributed by atoms with Crippen molar-refractivity contribution in [2.24, 2.45) is 0 Å². The zero-order valence-corrected chi connectivity index (χ0v) is 30.0. The third kappa shape index (κ3) is 10.4. The number of rotatable bonds is 8. The van der Waals surface area contributed by atoms with Gasteiger partial charge in [-0.2, -0.15) is 0 Å².